The van der Waals surface area contributed by atoms with Crippen molar-refractivity contribution in [1.82, 2.24) is 9.80 Å². The van der Waals surface area contributed by atoms with Crippen LogP contribution in [-0.4, -0.2) is 81.5 Å². The summed E-state index contributed by atoms with van der Waals surface area (Å²) in [6, 6.07) is 13.5. The van der Waals surface area contributed by atoms with Crippen LogP contribution < -0.4 is 4.90 Å². The number of aliphatic hydroxyl groups excluding tert-OH is 1. The van der Waals surface area contributed by atoms with Crippen molar-refractivity contribution < 1.29 is 19.5 Å². The molecule has 7 nitrogen and oxygen atoms in total. The van der Waals surface area contributed by atoms with Gasteiger partial charge in [-0.1, -0.05) is 74.4 Å². The largest absolute Gasteiger partial charge is 0.396 e. The second-order valence-electron chi connectivity index (χ2n) is 11.6. The zero-order chi connectivity index (χ0) is 28.6. The molecule has 5 atom stereocenters. The van der Waals surface area contributed by atoms with Crippen molar-refractivity contribution in [1.29, 1.82) is 0 Å². The Balaban J connectivity index is 1.39. The lowest BCUT2D eigenvalue weighted by Crippen LogP contribution is -2.53. The Morgan fingerprint density at radius 3 is 2.51 bits per heavy atom. The van der Waals surface area contributed by atoms with E-state index in [1.807, 2.05) is 52.3 Å². The lowest BCUT2D eigenvalue weighted by molar-refractivity contribution is -0.142. The average molecular weight is 574 g/mol. The van der Waals surface area contributed by atoms with Gasteiger partial charge in [0.15, 0.2) is 0 Å². The van der Waals surface area contributed by atoms with E-state index >= 15 is 0 Å². The second kappa shape index (κ2) is 11.6. The number of amides is 3. The Bertz CT molecular complexity index is 1390. The van der Waals surface area contributed by atoms with Gasteiger partial charge in [-0.05, 0) is 42.2 Å². The number of carbonyl (C=O) groups excluding carboxylic acids is 3. The van der Waals surface area contributed by atoms with E-state index in [-0.39, 0.29) is 29.6 Å². The summed E-state index contributed by atoms with van der Waals surface area (Å²) in [6.07, 6.45) is 12.4. The number of fused-ring (bicyclic) bond motifs is 3. The van der Waals surface area contributed by atoms with E-state index in [2.05, 4.69) is 31.2 Å². The number of thioether (sulfide) groups is 1. The maximum absolute atomic E-state index is 14.6. The molecule has 0 radical (unpaired) electrons. The Labute approximate surface area is 246 Å². The Morgan fingerprint density at radius 2 is 1.71 bits per heavy atom. The molecule has 1 unspecified atom stereocenters. The van der Waals surface area contributed by atoms with Crippen LogP contribution in [0.4, 0.5) is 5.69 Å². The third kappa shape index (κ3) is 4.79. The van der Waals surface area contributed by atoms with Crippen molar-refractivity contribution in [3.05, 3.63) is 66.8 Å². The van der Waals surface area contributed by atoms with Crippen LogP contribution in [0.3, 0.4) is 0 Å². The van der Waals surface area contributed by atoms with Gasteiger partial charge >= 0.3 is 0 Å². The number of hydrogen-bond donors (Lipinski definition) is 1. The molecule has 6 rings (SSSR count). The number of likely N-dealkylation sites (tertiary alicyclic amines) is 1. The number of unbranched alkanes of at least 4 members (excludes halogenated alkanes) is 3. The molecule has 1 spiro atoms. The summed E-state index contributed by atoms with van der Waals surface area (Å²) in [5.41, 5.74) is 0.816. The fourth-order valence-electron chi connectivity index (χ4n) is 7.22. The van der Waals surface area contributed by atoms with Crippen LogP contribution in [0.2, 0.25) is 0 Å². The van der Waals surface area contributed by atoms with Gasteiger partial charge in [-0.15, -0.1) is 11.8 Å². The van der Waals surface area contributed by atoms with Crippen LogP contribution in [0.1, 0.15) is 39.0 Å². The van der Waals surface area contributed by atoms with Crippen molar-refractivity contribution in [2.24, 2.45) is 11.8 Å². The molecule has 2 aromatic carbocycles. The molecule has 2 saturated heterocycles. The molecule has 216 valence electrons. The molecule has 4 aliphatic rings. The maximum Gasteiger partial charge on any atom is 0.251 e. The molecule has 2 aromatic rings. The second-order valence-corrected chi connectivity index (χ2v) is 13.1. The summed E-state index contributed by atoms with van der Waals surface area (Å²) >= 11 is 1.64. The summed E-state index contributed by atoms with van der Waals surface area (Å²) in [4.78, 5) is 48.5. The Kier molecular flexibility index (Phi) is 7.97. The average Bonchev–Trinajstić information content (AvgIpc) is 3.29. The lowest BCUT2D eigenvalue weighted by Gasteiger charge is -2.35. The van der Waals surface area contributed by atoms with Gasteiger partial charge in [0.05, 0.1) is 16.6 Å². The normalized spacial score (nSPS) is 29.1. The number of rotatable bonds is 9. The van der Waals surface area contributed by atoms with Gasteiger partial charge in [0.25, 0.3) is 5.91 Å². The summed E-state index contributed by atoms with van der Waals surface area (Å²) in [6.45, 7) is 4.34. The van der Waals surface area contributed by atoms with E-state index < -0.39 is 22.6 Å². The highest BCUT2D eigenvalue weighted by atomic mass is 32.2. The van der Waals surface area contributed by atoms with Gasteiger partial charge in [0.1, 0.15) is 6.04 Å². The van der Waals surface area contributed by atoms with Gasteiger partial charge in [-0.2, -0.15) is 0 Å². The first-order chi connectivity index (χ1) is 20.0. The quantitative estimate of drug-likeness (QED) is 0.355. The van der Waals surface area contributed by atoms with Crippen molar-refractivity contribution in [3.63, 3.8) is 0 Å². The molecule has 0 aliphatic carbocycles. The minimum absolute atomic E-state index is 0.0320. The van der Waals surface area contributed by atoms with E-state index in [4.69, 9.17) is 0 Å². The fraction of sp³-hybridized carbons (Fsp3) is 0.485. The molecular formula is C33H39N3O4S. The molecule has 0 aromatic heterocycles. The highest BCUT2D eigenvalue weighted by Crippen LogP contribution is 2.61. The van der Waals surface area contributed by atoms with Crippen LogP contribution in [-0.2, 0) is 14.4 Å². The summed E-state index contributed by atoms with van der Waals surface area (Å²) < 4.78 is -0.796. The molecular weight excluding hydrogens is 534 g/mol. The lowest BCUT2D eigenvalue weighted by atomic mass is 9.78. The van der Waals surface area contributed by atoms with Crippen LogP contribution in [0.25, 0.3) is 10.8 Å². The Hall–Kier alpha value is -3.10. The topological polar surface area (TPSA) is 81.2 Å². The van der Waals surface area contributed by atoms with Crippen molar-refractivity contribution in [2.75, 3.05) is 37.7 Å². The van der Waals surface area contributed by atoms with Crippen molar-refractivity contribution in [3.8, 4) is 0 Å². The number of anilines is 1. The van der Waals surface area contributed by atoms with Crippen LogP contribution in [0.15, 0.2) is 66.8 Å². The fourth-order valence-corrected chi connectivity index (χ4v) is 9.23. The monoisotopic (exact) mass is 573 g/mol. The van der Waals surface area contributed by atoms with E-state index in [1.54, 1.807) is 16.7 Å². The zero-order valence-electron chi connectivity index (χ0n) is 23.7. The molecule has 4 aliphatic heterocycles. The third-order valence-electron chi connectivity index (χ3n) is 9.09. The summed E-state index contributed by atoms with van der Waals surface area (Å²) in [5.74, 6) is -1.18. The maximum atomic E-state index is 14.6. The number of hydrogen-bond acceptors (Lipinski definition) is 5. The van der Waals surface area contributed by atoms with E-state index in [1.165, 1.54) is 0 Å². The molecule has 0 bridgehead atoms. The first-order valence-electron chi connectivity index (χ1n) is 15.0. The van der Waals surface area contributed by atoms with Crippen molar-refractivity contribution in [2.45, 2.75) is 55.1 Å². The van der Waals surface area contributed by atoms with Gasteiger partial charge in [0.2, 0.25) is 11.8 Å². The van der Waals surface area contributed by atoms with Gasteiger partial charge in [0, 0.05) is 43.7 Å². The molecule has 41 heavy (non-hydrogen) atoms. The first kappa shape index (κ1) is 28.0. The highest BCUT2D eigenvalue weighted by Gasteiger charge is 2.70. The SMILES string of the molecule is CCCN1CC=C[C@H]2S[C@]34C=CCN(c5ccc6ccccc6c5)C(=O)C3N(CCCCCCO)C(=O)[C@@H]4[C@H]2C1=O. The van der Waals surface area contributed by atoms with Gasteiger partial charge in [-0.25, -0.2) is 0 Å². The zero-order valence-corrected chi connectivity index (χ0v) is 24.5. The minimum Gasteiger partial charge on any atom is -0.396 e. The summed E-state index contributed by atoms with van der Waals surface area (Å²) in [7, 11) is 0. The standard InChI is InChI=1S/C33H39N3O4S/c1-2-17-34-18-9-13-26-27(30(34)38)28-31(39)36(19-7-3-4-8-21-37)29-32(40)35(20-10-16-33(28,29)41-26)25-15-14-23-11-5-6-12-24(23)22-25/h5-6,9-16,22,26-29,37H,2-4,7-8,17-21H2,1H3/t26-,27+,28+,29?,33+/m1/s1. The summed E-state index contributed by atoms with van der Waals surface area (Å²) in [5, 5.41) is 11.2. The minimum atomic E-state index is -0.796. The number of carbonyl (C=O) groups is 3. The van der Waals surface area contributed by atoms with E-state index in [0.717, 1.165) is 48.6 Å². The predicted octanol–water partition coefficient (Wildman–Crippen LogP) is 4.40. The van der Waals surface area contributed by atoms with Gasteiger partial charge < -0.3 is 19.8 Å². The Morgan fingerprint density at radius 1 is 0.902 bits per heavy atom. The van der Waals surface area contributed by atoms with Crippen LogP contribution >= 0.6 is 11.8 Å². The first-order valence-corrected chi connectivity index (χ1v) is 15.9. The molecule has 8 heteroatoms. The predicted molar refractivity (Wildman–Crippen MR) is 164 cm³/mol. The number of benzene rings is 2. The molecule has 2 fully saturated rings. The third-order valence-corrected chi connectivity index (χ3v) is 10.8. The molecule has 1 N–H and O–H groups in total. The van der Waals surface area contributed by atoms with Crippen LogP contribution in [0, 0.1) is 11.8 Å². The van der Waals surface area contributed by atoms with Crippen LogP contribution in [0.5, 0.6) is 0 Å². The van der Waals surface area contributed by atoms with Crippen molar-refractivity contribution >= 4 is 45.9 Å². The van der Waals surface area contributed by atoms with E-state index in [9.17, 15) is 19.5 Å². The molecule has 3 amide bonds. The number of nitrogens with zero attached hydrogens (tertiary/aromatic N) is 3. The highest BCUT2D eigenvalue weighted by molar-refractivity contribution is 8.02. The smallest absolute Gasteiger partial charge is 0.251 e. The van der Waals surface area contributed by atoms with Gasteiger partial charge in [-0.3, -0.25) is 14.4 Å². The number of aliphatic hydroxyl groups is 1. The molecule has 4 heterocycles. The molecule has 0 saturated carbocycles. The van der Waals surface area contributed by atoms with E-state index in [0.29, 0.717) is 26.2 Å².